The van der Waals surface area contributed by atoms with E-state index in [1.807, 2.05) is 19.1 Å². The third-order valence-electron chi connectivity index (χ3n) is 6.24. The summed E-state index contributed by atoms with van der Waals surface area (Å²) in [5, 5.41) is 5.99. The average molecular weight is 508 g/mol. The highest BCUT2D eigenvalue weighted by Gasteiger charge is 2.16. The van der Waals surface area contributed by atoms with Gasteiger partial charge in [-0.15, -0.1) is 0 Å². The smallest absolute Gasteiger partial charge is 0.418 e. The number of carbonyl (C=O) groups excluding carboxylic acids is 1. The molecule has 1 aliphatic rings. The molecule has 10 nitrogen and oxygen atoms in total. The fraction of sp³-hybridized carbons (Fsp3) is 0.370. The van der Waals surface area contributed by atoms with E-state index < -0.39 is 6.09 Å². The van der Waals surface area contributed by atoms with E-state index in [9.17, 15) is 4.79 Å². The molecular formula is C27H33N5O5. The fourth-order valence-corrected chi connectivity index (χ4v) is 4.01. The van der Waals surface area contributed by atoms with Gasteiger partial charge in [-0.2, -0.15) is 4.98 Å². The van der Waals surface area contributed by atoms with Crippen molar-refractivity contribution in [3.05, 3.63) is 53.6 Å². The molecule has 1 fully saturated rings. The van der Waals surface area contributed by atoms with Crippen molar-refractivity contribution in [2.45, 2.75) is 13.8 Å². The summed E-state index contributed by atoms with van der Waals surface area (Å²) in [5.74, 6) is 1.57. The van der Waals surface area contributed by atoms with E-state index in [1.54, 1.807) is 31.4 Å². The van der Waals surface area contributed by atoms with Crippen LogP contribution in [-0.4, -0.2) is 74.6 Å². The highest BCUT2D eigenvalue weighted by atomic mass is 16.6. The minimum absolute atomic E-state index is 0.129. The molecule has 196 valence electrons. The van der Waals surface area contributed by atoms with Crippen molar-refractivity contribution in [3.63, 3.8) is 0 Å². The summed E-state index contributed by atoms with van der Waals surface area (Å²) in [6.45, 7) is 8.84. The number of amides is 1. The van der Waals surface area contributed by atoms with Gasteiger partial charge < -0.3 is 24.3 Å². The lowest BCUT2D eigenvalue weighted by Crippen LogP contribution is -2.39. The first-order valence-corrected chi connectivity index (χ1v) is 12.2. The molecule has 0 radical (unpaired) electrons. The van der Waals surface area contributed by atoms with Crippen molar-refractivity contribution < 1.29 is 23.7 Å². The molecule has 4 rings (SSSR count). The number of nitrogens with zero attached hydrogens (tertiary/aromatic N) is 3. The van der Waals surface area contributed by atoms with E-state index in [2.05, 4.69) is 33.5 Å². The third-order valence-corrected chi connectivity index (χ3v) is 6.24. The van der Waals surface area contributed by atoms with Gasteiger partial charge in [-0.1, -0.05) is 18.2 Å². The van der Waals surface area contributed by atoms with Crippen LogP contribution in [0.4, 0.5) is 16.4 Å². The number of ether oxygens (including phenoxy) is 4. The van der Waals surface area contributed by atoms with Gasteiger partial charge in [0.1, 0.15) is 11.5 Å². The minimum Gasteiger partial charge on any atom is -0.497 e. The highest BCUT2D eigenvalue weighted by molar-refractivity contribution is 5.88. The number of anilines is 2. The number of carbonyl (C=O) groups is 1. The molecule has 1 amide bonds. The van der Waals surface area contributed by atoms with Crippen LogP contribution in [0, 0.1) is 13.8 Å². The van der Waals surface area contributed by atoms with E-state index in [0.717, 1.165) is 49.5 Å². The van der Waals surface area contributed by atoms with Gasteiger partial charge in [0, 0.05) is 43.9 Å². The Labute approximate surface area is 216 Å². The lowest BCUT2D eigenvalue weighted by atomic mass is 10.0. The molecule has 0 bridgehead atoms. The van der Waals surface area contributed by atoms with Crippen LogP contribution >= 0.6 is 0 Å². The van der Waals surface area contributed by atoms with Gasteiger partial charge in [-0.3, -0.25) is 10.2 Å². The zero-order chi connectivity index (χ0) is 26.2. The first kappa shape index (κ1) is 26.2. The quantitative estimate of drug-likeness (QED) is 0.442. The summed E-state index contributed by atoms with van der Waals surface area (Å²) in [6, 6.07) is 12.8. The topological polar surface area (TPSA) is 107 Å². The molecule has 2 heterocycles. The Bertz CT molecular complexity index is 1230. The largest absolute Gasteiger partial charge is 0.497 e. The van der Waals surface area contributed by atoms with Gasteiger partial charge in [-0.05, 0) is 37.1 Å². The lowest BCUT2D eigenvalue weighted by molar-refractivity contribution is 0.0398. The number of hydrogen-bond donors (Lipinski definition) is 2. The molecule has 1 saturated heterocycles. The van der Waals surface area contributed by atoms with Crippen LogP contribution in [0.3, 0.4) is 0 Å². The van der Waals surface area contributed by atoms with Gasteiger partial charge in [0.15, 0.2) is 0 Å². The van der Waals surface area contributed by atoms with Crippen LogP contribution in [-0.2, 0) is 4.74 Å². The number of benzene rings is 2. The van der Waals surface area contributed by atoms with E-state index in [4.69, 9.17) is 23.9 Å². The van der Waals surface area contributed by atoms with Crippen LogP contribution in [0.5, 0.6) is 17.4 Å². The first-order valence-electron chi connectivity index (χ1n) is 12.2. The molecule has 2 N–H and O–H groups in total. The van der Waals surface area contributed by atoms with Crippen molar-refractivity contribution in [3.8, 4) is 28.6 Å². The molecule has 0 saturated carbocycles. The van der Waals surface area contributed by atoms with Crippen LogP contribution in [0.2, 0.25) is 0 Å². The fourth-order valence-electron chi connectivity index (χ4n) is 4.01. The van der Waals surface area contributed by atoms with Crippen LogP contribution in [0.1, 0.15) is 11.1 Å². The number of rotatable bonds is 9. The summed E-state index contributed by atoms with van der Waals surface area (Å²) >= 11 is 0. The van der Waals surface area contributed by atoms with E-state index in [0.29, 0.717) is 35.4 Å². The van der Waals surface area contributed by atoms with Crippen LogP contribution in [0.25, 0.3) is 11.3 Å². The zero-order valence-corrected chi connectivity index (χ0v) is 21.7. The number of aryl methyl sites for hydroxylation is 1. The number of methoxy groups -OCH3 is 2. The number of aromatic nitrogens is 2. The maximum Gasteiger partial charge on any atom is 0.418 e. The molecule has 10 heteroatoms. The van der Waals surface area contributed by atoms with Crippen molar-refractivity contribution in [1.29, 1.82) is 0 Å². The zero-order valence-electron chi connectivity index (χ0n) is 21.7. The molecule has 3 aromatic rings. The molecule has 0 atom stereocenters. The molecule has 0 unspecified atom stereocenters. The molecule has 2 aromatic carbocycles. The monoisotopic (exact) mass is 507 g/mol. The predicted octanol–water partition coefficient (Wildman–Crippen LogP) is 4.13. The molecule has 1 aliphatic heterocycles. The summed E-state index contributed by atoms with van der Waals surface area (Å²) in [5.41, 5.74) is 4.29. The van der Waals surface area contributed by atoms with Gasteiger partial charge in [0.2, 0.25) is 11.8 Å². The molecular weight excluding hydrogens is 474 g/mol. The van der Waals surface area contributed by atoms with Crippen molar-refractivity contribution in [1.82, 2.24) is 14.9 Å². The second kappa shape index (κ2) is 12.4. The van der Waals surface area contributed by atoms with Crippen molar-refractivity contribution in [2.75, 3.05) is 64.2 Å². The second-order valence-corrected chi connectivity index (χ2v) is 8.62. The molecule has 0 spiro atoms. The van der Waals surface area contributed by atoms with Crippen molar-refractivity contribution in [2.24, 2.45) is 0 Å². The average Bonchev–Trinajstić information content (AvgIpc) is 2.91. The molecule has 37 heavy (non-hydrogen) atoms. The maximum absolute atomic E-state index is 12.8. The van der Waals surface area contributed by atoms with Gasteiger partial charge in [0.25, 0.3) is 0 Å². The Morgan fingerprint density at radius 2 is 1.86 bits per heavy atom. The molecule has 0 aliphatic carbocycles. The maximum atomic E-state index is 12.8. The minimum atomic E-state index is -0.701. The summed E-state index contributed by atoms with van der Waals surface area (Å²) in [7, 11) is 3.08. The molecule has 1 aromatic heterocycles. The van der Waals surface area contributed by atoms with E-state index >= 15 is 0 Å². The standard InChI is InChI=1S/C27H33N5O5/c1-18-6-5-7-21(19(18)2)23-17-25(31-26(29-23)28-10-11-32-12-14-36-15-13-32)37-27(33)30-22-9-8-20(34-3)16-24(22)35-4/h5-9,16-17H,10-15H2,1-4H3,(H,30,33)(H,28,29,31). The second-order valence-electron chi connectivity index (χ2n) is 8.62. The SMILES string of the molecule is COc1ccc(NC(=O)Oc2cc(-c3cccc(C)c3C)nc(NCCN3CCOCC3)n2)c(OC)c1. The number of morpholine rings is 1. The van der Waals surface area contributed by atoms with Crippen LogP contribution in [0.15, 0.2) is 42.5 Å². The third kappa shape index (κ3) is 6.87. The normalized spacial score (nSPS) is 13.6. The van der Waals surface area contributed by atoms with Crippen molar-refractivity contribution >= 4 is 17.7 Å². The first-order chi connectivity index (χ1) is 18.0. The van der Waals surface area contributed by atoms with E-state index in [1.165, 1.54) is 7.11 Å². The summed E-state index contributed by atoms with van der Waals surface area (Å²) < 4.78 is 21.6. The summed E-state index contributed by atoms with van der Waals surface area (Å²) in [4.78, 5) is 24.3. The highest BCUT2D eigenvalue weighted by Crippen LogP contribution is 2.30. The Hall–Kier alpha value is -3.89. The Balaban J connectivity index is 1.54. The van der Waals surface area contributed by atoms with Gasteiger partial charge in [-0.25, -0.2) is 9.78 Å². The Morgan fingerprint density at radius 1 is 1.05 bits per heavy atom. The number of nitrogens with one attached hydrogen (secondary N) is 2. The Kier molecular flexibility index (Phi) is 8.76. The van der Waals surface area contributed by atoms with Crippen LogP contribution < -0.4 is 24.8 Å². The number of hydrogen-bond acceptors (Lipinski definition) is 9. The van der Waals surface area contributed by atoms with Gasteiger partial charge in [0.05, 0.1) is 38.8 Å². The predicted molar refractivity (Wildman–Crippen MR) is 142 cm³/mol. The summed E-state index contributed by atoms with van der Waals surface area (Å²) in [6.07, 6.45) is -0.701. The van der Waals surface area contributed by atoms with E-state index in [-0.39, 0.29) is 5.88 Å². The lowest BCUT2D eigenvalue weighted by Gasteiger charge is -2.26. The Morgan fingerprint density at radius 3 is 2.62 bits per heavy atom. The van der Waals surface area contributed by atoms with Gasteiger partial charge >= 0.3 is 6.09 Å².